The minimum Gasteiger partial charge on any atom is -0.492 e. The predicted octanol–water partition coefficient (Wildman–Crippen LogP) is 1.10. The van der Waals surface area contributed by atoms with Crippen LogP contribution in [0.3, 0.4) is 0 Å². The summed E-state index contributed by atoms with van der Waals surface area (Å²) < 4.78 is 10.1. The summed E-state index contributed by atoms with van der Waals surface area (Å²) in [5, 5.41) is 0.270. The summed E-state index contributed by atoms with van der Waals surface area (Å²) in [4.78, 5) is 24.4. The first-order valence-corrected chi connectivity index (χ1v) is 5.10. The fourth-order valence-corrected chi connectivity index (χ4v) is 1.38. The van der Waals surface area contributed by atoms with Crippen molar-refractivity contribution in [2.75, 3.05) is 12.5 Å². The summed E-state index contributed by atoms with van der Waals surface area (Å²) >= 11 is 5.47. The topological polar surface area (TPSA) is 72.3 Å². The van der Waals surface area contributed by atoms with Crippen LogP contribution in [0, 0.1) is 0 Å². The van der Waals surface area contributed by atoms with Crippen molar-refractivity contribution < 1.29 is 9.15 Å². The predicted molar refractivity (Wildman–Crippen MR) is 59.3 cm³/mol. The van der Waals surface area contributed by atoms with Gasteiger partial charge >= 0.3 is 5.76 Å². The normalized spacial score (nSPS) is 10.6. The highest BCUT2D eigenvalue weighted by atomic mass is 35.5. The number of H-pyrrole nitrogens is 1. The van der Waals surface area contributed by atoms with Crippen molar-refractivity contribution in [3.8, 4) is 5.75 Å². The fourth-order valence-electron chi connectivity index (χ4n) is 1.31. The van der Waals surface area contributed by atoms with Crippen LogP contribution in [-0.2, 0) is 0 Å². The molecule has 84 valence electrons. The van der Waals surface area contributed by atoms with Gasteiger partial charge in [0.2, 0.25) is 0 Å². The lowest BCUT2D eigenvalue weighted by molar-refractivity contribution is 0.343. The lowest BCUT2D eigenvalue weighted by atomic mass is 10.2. The van der Waals surface area contributed by atoms with Gasteiger partial charge in [0.25, 0.3) is 5.56 Å². The van der Waals surface area contributed by atoms with E-state index in [1.165, 1.54) is 12.1 Å². The molecule has 0 aliphatic carbocycles. The third kappa shape index (κ3) is 2.09. The molecule has 0 aliphatic rings. The average Bonchev–Trinajstić information content (AvgIpc) is 2.26. The Labute approximate surface area is 94.6 Å². The Bertz CT molecular complexity index is 616. The van der Waals surface area contributed by atoms with Crippen LogP contribution in [0.25, 0.3) is 11.0 Å². The van der Waals surface area contributed by atoms with Crippen LogP contribution in [-0.4, -0.2) is 17.5 Å². The Kier molecular flexibility index (Phi) is 2.96. The van der Waals surface area contributed by atoms with Crippen molar-refractivity contribution in [1.82, 2.24) is 4.98 Å². The minimum atomic E-state index is -0.771. The molecule has 6 heteroatoms. The Morgan fingerprint density at radius 3 is 2.94 bits per heavy atom. The van der Waals surface area contributed by atoms with E-state index in [9.17, 15) is 9.59 Å². The van der Waals surface area contributed by atoms with E-state index < -0.39 is 11.3 Å². The molecule has 0 radical (unpaired) electrons. The van der Waals surface area contributed by atoms with Gasteiger partial charge in [-0.1, -0.05) is 0 Å². The third-order valence-electron chi connectivity index (χ3n) is 1.96. The highest BCUT2D eigenvalue weighted by Gasteiger charge is 2.04. The maximum absolute atomic E-state index is 11.4. The maximum atomic E-state index is 11.4. The number of rotatable bonds is 3. The second-order valence-electron chi connectivity index (χ2n) is 3.04. The van der Waals surface area contributed by atoms with Crippen molar-refractivity contribution in [2.45, 2.75) is 0 Å². The van der Waals surface area contributed by atoms with Gasteiger partial charge < -0.3 is 9.15 Å². The first-order chi connectivity index (χ1) is 7.70. The molecule has 1 heterocycles. The lowest BCUT2D eigenvalue weighted by Gasteiger charge is -2.03. The first-order valence-electron chi connectivity index (χ1n) is 4.56. The molecule has 1 aromatic heterocycles. The molecule has 0 fully saturated rings. The lowest BCUT2D eigenvalue weighted by Crippen LogP contribution is -2.18. The minimum absolute atomic E-state index is 0.229. The van der Waals surface area contributed by atoms with Crippen molar-refractivity contribution in [3.05, 3.63) is 39.1 Å². The molecule has 0 atom stereocenters. The van der Waals surface area contributed by atoms with Gasteiger partial charge in [-0.3, -0.25) is 9.78 Å². The van der Waals surface area contributed by atoms with Gasteiger partial charge in [-0.05, 0) is 18.2 Å². The summed E-state index contributed by atoms with van der Waals surface area (Å²) in [6.45, 7) is 0.349. The van der Waals surface area contributed by atoms with Crippen LogP contribution in [0.1, 0.15) is 0 Å². The van der Waals surface area contributed by atoms with Crippen molar-refractivity contribution in [2.24, 2.45) is 0 Å². The number of fused-ring (bicyclic) bond motifs is 1. The van der Waals surface area contributed by atoms with E-state index in [1.54, 1.807) is 6.07 Å². The summed E-state index contributed by atoms with van der Waals surface area (Å²) in [5.74, 6) is 0.0950. The van der Waals surface area contributed by atoms with Gasteiger partial charge in [-0.15, -0.1) is 11.6 Å². The van der Waals surface area contributed by atoms with Crippen LogP contribution < -0.4 is 16.1 Å². The average molecular weight is 242 g/mol. The molecule has 0 aliphatic heterocycles. The number of alkyl halides is 1. The molecular weight excluding hydrogens is 234 g/mol. The molecule has 0 amide bonds. The number of ether oxygens (including phenoxy) is 1. The second kappa shape index (κ2) is 4.40. The molecule has 2 rings (SSSR count). The zero-order valence-corrected chi connectivity index (χ0v) is 8.91. The Morgan fingerprint density at radius 2 is 2.19 bits per heavy atom. The molecule has 0 saturated heterocycles. The molecule has 2 aromatic rings. The SMILES string of the molecule is O=c1[nH]c(=O)c2cc(OCCCl)ccc2o1. The highest BCUT2D eigenvalue weighted by Crippen LogP contribution is 2.16. The number of halogens is 1. The standard InChI is InChI=1S/C10H8ClNO4/c11-3-4-15-6-1-2-8-7(5-6)9(13)12-10(14)16-8/h1-2,5H,3-4H2,(H,12,13,14). The highest BCUT2D eigenvalue weighted by molar-refractivity contribution is 6.18. The summed E-state index contributed by atoms with van der Waals surface area (Å²) in [5.41, 5.74) is -0.269. The fraction of sp³-hybridized carbons (Fsp3) is 0.200. The van der Waals surface area contributed by atoms with Gasteiger partial charge in [0.1, 0.15) is 17.9 Å². The Morgan fingerprint density at radius 1 is 1.38 bits per heavy atom. The molecule has 0 saturated carbocycles. The van der Waals surface area contributed by atoms with Gasteiger partial charge in [0, 0.05) is 0 Å². The van der Waals surface area contributed by atoms with Crippen molar-refractivity contribution in [3.63, 3.8) is 0 Å². The van der Waals surface area contributed by atoms with Gasteiger partial charge in [-0.25, -0.2) is 4.79 Å². The molecule has 0 unspecified atom stereocenters. The molecule has 1 N–H and O–H groups in total. The smallest absolute Gasteiger partial charge is 0.419 e. The van der Waals surface area contributed by atoms with Crippen molar-refractivity contribution in [1.29, 1.82) is 0 Å². The number of hydrogen-bond acceptors (Lipinski definition) is 4. The number of aromatic nitrogens is 1. The van der Waals surface area contributed by atoms with E-state index in [2.05, 4.69) is 0 Å². The quantitative estimate of drug-likeness (QED) is 0.817. The van der Waals surface area contributed by atoms with Crippen LogP contribution in [0.2, 0.25) is 0 Å². The molecule has 5 nitrogen and oxygen atoms in total. The number of benzene rings is 1. The zero-order valence-electron chi connectivity index (χ0n) is 8.16. The van der Waals surface area contributed by atoms with Crippen LogP contribution in [0.5, 0.6) is 5.75 Å². The summed E-state index contributed by atoms with van der Waals surface area (Å²) in [6, 6.07) is 4.62. The van der Waals surface area contributed by atoms with E-state index in [-0.39, 0.29) is 11.0 Å². The van der Waals surface area contributed by atoms with Gasteiger partial charge in [0.15, 0.2) is 0 Å². The van der Waals surface area contributed by atoms with E-state index >= 15 is 0 Å². The monoisotopic (exact) mass is 241 g/mol. The molecule has 0 spiro atoms. The molecule has 1 aromatic carbocycles. The number of aromatic amines is 1. The summed E-state index contributed by atoms with van der Waals surface area (Å²) in [6.07, 6.45) is 0. The van der Waals surface area contributed by atoms with Crippen LogP contribution in [0.15, 0.2) is 32.2 Å². The first kappa shape index (κ1) is 10.8. The Balaban J connectivity index is 2.53. The van der Waals surface area contributed by atoms with Gasteiger partial charge in [0.05, 0.1) is 11.3 Å². The molecule has 0 bridgehead atoms. The van der Waals surface area contributed by atoms with E-state index in [1.807, 2.05) is 4.98 Å². The van der Waals surface area contributed by atoms with Gasteiger partial charge in [-0.2, -0.15) is 0 Å². The molecule has 16 heavy (non-hydrogen) atoms. The third-order valence-corrected chi connectivity index (χ3v) is 2.11. The Hall–Kier alpha value is -1.75. The van der Waals surface area contributed by atoms with E-state index in [0.29, 0.717) is 18.2 Å². The largest absolute Gasteiger partial charge is 0.492 e. The zero-order chi connectivity index (χ0) is 11.5. The van der Waals surface area contributed by atoms with Crippen LogP contribution in [0.4, 0.5) is 0 Å². The second-order valence-corrected chi connectivity index (χ2v) is 3.42. The molecular formula is C10H8ClNO4. The number of hydrogen-bond donors (Lipinski definition) is 1. The van der Waals surface area contributed by atoms with E-state index in [0.717, 1.165) is 0 Å². The van der Waals surface area contributed by atoms with Crippen molar-refractivity contribution >= 4 is 22.6 Å². The van der Waals surface area contributed by atoms with E-state index in [4.69, 9.17) is 20.8 Å². The van der Waals surface area contributed by atoms with Crippen LogP contribution >= 0.6 is 11.6 Å². The maximum Gasteiger partial charge on any atom is 0.419 e. The summed E-state index contributed by atoms with van der Waals surface area (Å²) in [7, 11) is 0. The number of nitrogens with one attached hydrogen (secondary N) is 1.